The van der Waals surface area contributed by atoms with Crippen molar-refractivity contribution in [2.75, 3.05) is 0 Å². The molecule has 0 radical (unpaired) electrons. The Balaban J connectivity index is 2.61. The Morgan fingerprint density at radius 2 is 1.87 bits per heavy atom. The van der Waals surface area contributed by atoms with E-state index < -0.39 is 0 Å². The number of aromatic amines is 1. The lowest BCUT2D eigenvalue weighted by molar-refractivity contribution is 1.54. The van der Waals surface area contributed by atoms with Crippen LogP contribution in [-0.2, 0) is 0 Å². The summed E-state index contributed by atoms with van der Waals surface area (Å²) in [6.07, 6.45) is 0. The van der Waals surface area contributed by atoms with Gasteiger partial charge in [-0.1, -0.05) is 45.7 Å². The molecular formula is C12H7BrClN. The predicted octanol–water partition coefficient (Wildman–Crippen LogP) is 4.74. The Morgan fingerprint density at radius 3 is 2.73 bits per heavy atom. The van der Waals surface area contributed by atoms with Gasteiger partial charge in [0.1, 0.15) is 0 Å². The highest BCUT2D eigenvalue weighted by Gasteiger charge is 2.07. The number of benzene rings is 2. The van der Waals surface area contributed by atoms with Gasteiger partial charge in [-0.2, -0.15) is 0 Å². The van der Waals surface area contributed by atoms with Crippen molar-refractivity contribution in [2.45, 2.75) is 0 Å². The summed E-state index contributed by atoms with van der Waals surface area (Å²) in [5.74, 6) is 0. The summed E-state index contributed by atoms with van der Waals surface area (Å²) in [5, 5.41) is 3.15. The fourth-order valence-electron chi connectivity index (χ4n) is 1.90. The third-order valence-electron chi connectivity index (χ3n) is 2.52. The van der Waals surface area contributed by atoms with Crippen LogP contribution >= 0.6 is 27.5 Å². The highest BCUT2D eigenvalue weighted by molar-refractivity contribution is 9.10. The van der Waals surface area contributed by atoms with Gasteiger partial charge in [-0.15, -0.1) is 0 Å². The molecule has 1 nitrogen and oxygen atoms in total. The van der Waals surface area contributed by atoms with E-state index in [1.807, 2.05) is 24.3 Å². The van der Waals surface area contributed by atoms with Crippen molar-refractivity contribution >= 4 is 49.3 Å². The second kappa shape index (κ2) is 3.26. The third kappa shape index (κ3) is 1.36. The number of rotatable bonds is 0. The second-order valence-electron chi connectivity index (χ2n) is 3.48. The first-order valence-corrected chi connectivity index (χ1v) is 5.78. The van der Waals surface area contributed by atoms with E-state index in [-0.39, 0.29) is 0 Å². The Hall–Kier alpha value is -0.990. The van der Waals surface area contributed by atoms with Crippen molar-refractivity contribution in [2.24, 2.45) is 0 Å². The predicted molar refractivity (Wildman–Crippen MR) is 68.5 cm³/mol. The average molecular weight is 281 g/mol. The molecule has 3 aromatic rings. The van der Waals surface area contributed by atoms with Crippen LogP contribution in [0, 0.1) is 0 Å². The van der Waals surface area contributed by atoms with Crippen LogP contribution in [0.4, 0.5) is 0 Å². The van der Waals surface area contributed by atoms with Crippen molar-refractivity contribution in [1.29, 1.82) is 0 Å². The molecule has 0 saturated heterocycles. The van der Waals surface area contributed by atoms with E-state index in [2.05, 4.69) is 33.0 Å². The quantitative estimate of drug-likeness (QED) is 0.612. The maximum atomic E-state index is 6.00. The van der Waals surface area contributed by atoms with E-state index in [9.17, 15) is 0 Å². The van der Waals surface area contributed by atoms with Gasteiger partial charge in [-0.3, -0.25) is 0 Å². The first-order chi connectivity index (χ1) is 7.25. The molecule has 0 atom stereocenters. The molecule has 0 aliphatic rings. The second-order valence-corrected chi connectivity index (χ2v) is 4.77. The highest BCUT2D eigenvalue weighted by atomic mass is 79.9. The van der Waals surface area contributed by atoms with Gasteiger partial charge in [0.15, 0.2) is 0 Å². The van der Waals surface area contributed by atoms with E-state index in [1.165, 1.54) is 10.8 Å². The van der Waals surface area contributed by atoms with E-state index in [4.69, 9.17) is 11.6 Å². The normalized spacial score (nSPS) is 11.3. The highest BCUT2D eigenvalue weighted by Crippen LogP contribution is 2.33. The molecule has 1 heterocycles. The van der Waals surface area contributed by atoms with Crippen molar-refractivity contribution in [1.82, 2.24) is 4.98 Å². The van der Waals surface area contributed by atoms with Gasteiger partial charge < -0.3 is 4.98 Å². The van der Waals surface area contributed by atoms with Crippen molar-refractivity contribution in [3.8, 4) is 0 Å². The summed E-state index contributed by atoms with van der Waals surface area (Å²) in [6, 6.07) is 12.1. The molecule has 0 spiro atoms. The molecule has 0 bridgehead atoms. The number of aromatic nitrogens is 1. The molecule has 2 aromatic carbocycles. The molecule has 74 valence electrons. The van der Waals surface area contributed by atoms with Crippen molar-refractivity contribution in [3.05, 3.63) is 45.9 Å². The van der Waals surface area contributed by atoms with Gasteiger partial charge >= 0.3 is 0 Å². The Kier molecular flexibility index (Phi) is 2.01. The molecule has 0 aliphatic heterocycles. The number of halogens is 2. The minimum atomic E-state index is 0.737. The zero-order chi connectivity index (χ0) is 10.4. The fraction of sp³-hybridized carbons (Fsp3) is 0. The van der Waals surface area contributed by atoms with Crippen molar-refractivity contribution < 1.29 is 0 Å². The Bertz CT molecular complexity index is 657. The number of hydrogen-bond donors (Lipinski definition) is 1. The summed E-state index contributed by atoms with van der Waals surface area (Å²) >= 11 is 9.55. The summed E-state index contributed by atoms with van der Waals surface area (Å²) < 4.78 is 1.03. The molecule has 15 heavy (non-hydrogen) atoms. The molecule has 1 N–H and O–H groups in total. The third-order valence-corrected chi connectivity index (χ3v) is 3.36. The molecule has 1 aromatic heterocycles. The molecule has 0 saturated carbocycles. The first-order valence-electron chi connectivity index (χ1n) is 4.61. The molecule has 0 amide bonds. The lowest BCUT2D eigenvalue weighted by Gasteiger charge is -1.96. The van der Waals surface area contributed by atoms with E-state index in [0.717, 1.165) is 20.5 Å². The number of hydrogen-bond acceptors (Lipinski definition) is 0. The molecule has 0 aliphatic carbocycles. The van der Waals surface area contributed by atoms with Crippen molar-refractivity contribution in [3.63, 3.8) is 0 Å². The van der Waals surface area contributed by atoms with Crippen LogP contribution in [0.2, 0.25) is 5.02 Å². The fourth-order valence-corrected chi connectivity index (χ4v) is 2.92. The molecule has 0 unspecified atom stereocenters. The summed E-state index contributed by atoms with van der Waals surface area (Å²) in [4.78, 5) is 3.35. The van der Waals surface area contributed by atoms with Crippen LogP contribution in [0.3, 0.4) is 0 Å². The van der Waals surface area contributed by atoms with Gasteiger partial charge in [-0.25, -0.2) is 0 Å². The van der Waals surface area contributed by atoms with Gasteiger partial charge in [-0.05, 0) is 18.2 Å². The average Bonchev–Trinajstić information content (AvgIpc) is 2.54. The Morgan fingerprint density at radius 1 is 1.07 bits per heavy atom. The largest absolute Gasteiger partial charge is 0.354 e. The zero-order valence-corrected chi connectivity index (χ0v) is 10.1. The number of nitrogens with one attached hydrogen (secondary N) is 1. The zero-order valence-electron chi connectivity index (χ0n) is 7.72. The number of H-pyrrole nitrogens is 1. The smallest absolute Gasteiger partial charge is 0.0491 e. The maximum absolute atomic E-state index is 6.00. The SMILES string of the molecule is Clc1cc(Br)c2c(c1)[nH]c1ccccc12. The van der Waals surface area contributed by atoms with Crippen LogP contribution in [0.5, 0.6) is 0 Å². The molecule has 0 fully saturated rings. The van der Waals surface area contributed by atoms with Crippen LogP contribution < -0.4 is 0 Å². The van der Waals surface area contributed by atoms with E-state index in [0.29, 0.717) is 0 Å². The lowest BCUT2D eigenvalue weighted by Crippen LogP contribution is -1.71. The Labute approximate surface area is 100 Å². The lowest BCUT2D eigenvalue weighted by atomic mass is 10.1. The van der Waals surface area contributed by atoms with Crippen LogP contribution in [0.1, 0.15) is 0 Å². The van der Waals surface area contributed by atoms with Gasteiger partial charge in [0.25, 0.3) is 0 Å². The standard InChI is InChI=1S/C12H7BrClN/c13-9-5-7(14)6-11-12(9)8-3-1-2-4-10(8)15-11/h1-6,15H. The van der Waals surface area contributed by atoms with E-state index >= 15 is 0 Å². The maximum Gasteiger partial charge on any atom is 0.0491 e. The summed E-state index contributed by atoms with van der Waals surface area (Å²) in [5.41, 5.74) is 2.20. The minimum Gasteiger partial charge on any atom is -0.354 e. The molecular weight excluding hydrogens is 273 g/mol. The minimum absolute atomic E-state index is 0.737. The molecule has 3 heteroatoms. The van der Waals surface area contributed by atoms with Gasteiger partial charge in [0.05, 0.1) is 0 Å². The topological polar surface area (TPSA) is 15.8 Å². The van der Waals surface area contributed by atoms with Crippen LogP contribution in [0.15, 0.2) is 40.9 Å². The monoisotopic (exact) mass is 279 g/mol. The van der Waals surface area contributed by atoms with E-state index in [1.54, 1.807) is 0 Å². The molecule has 3 rings (SSSR count). The number of fused-ring (bicyclic) bond motifs is 3. The van der Waals surface area contributed by atoms with Crippen LogP contribution in [-0.4, -0.2) is 4.98 Å². The van der Waals surface area contributed by atoms with Gasteiger partial charge in [0, 0.05) is 31.3 Å². The summed E-state index contributed by atoms with van der Waals surface area (Å²) in [7, 11) is 0. The first kappa shape index (κ1) is 9.25. The van der Waals surface area contributed by atoms with Gasteiger partial charge in [0.2, 0.25) is 0 Å². The number of para-hydroxylation sites is 1. The summed E-state index contributed by atoms with van der Waals surface area (Å²) in [6.45, 7) is 0. The van der Waals surface area contributed by atoms with Crippen LogP contribution in [0.25, 0.3) is 21.8 Å².